The molecule has 0 atom stereocenters. The van der Waals surface area contributed by atoms with E-state index in [1.54, 1.807) is 32.0 Å². The molecule has 1 heterocycles. The topological polar surface area (TPSA) is 111 Å². The lowest BCUT2D eigenvalue weighted by Crippen LogP contribution is -2.31. The van der Waals surface area contributed by atoms with Gasteiger partial charge in [-0.15, -0.1) is 0 Å². The van der Waals surface area contributed by atoms with Crippen molar-refractivity contribution in [2.24, 2.45) is 0 Å². The molecule has 1 N–H and O–H groups in total. The monoisotopic (exact) mass is 452 g/mol. The van der Waals surface area contributed by atoms with E-state index in [2.05, 4.69) is 5.32 Å². The van der Waals surface area contributed by atoms with Gasteiger partial charge in [0.05, 0.1) is 5.56 Å². The van der Waals surface area contributed by atoms with Crippen LogP contribution in [0.1, 0.15) is 24.2 Å². The van der Waals surface area contributed by atoms with Crippen LogP contribution in [0.2, 0.25) is 0 Å². The number of fused-ring (bicyclic) bond motifs is 1. The van der Waals surface area contributed by atoms with E-state index in [1.807, 2.05) is 0 Å². The Balaban J connectivity index is 1.66. The molecule has 11 heteroatoms. The zero-order valence-corrected chi connectivity index (χ0v) is 17.7. The maximum Gasteiger partial charge on any atom is 0.338 e. The lowest BCUT2D eigenvalue weighted by Gasteiger charge is -2.19. The molecule has 0 radical (unpaired) electrons. The van der Waals surface area contributed by atoms with E-state index >= 15 is 0 Å². The summed E-state index contributed by atoms with van der Waals surface area (Å²) < 4.78 is 55.8. The number of hydrogen-bond acceptors (Lipinski definition) is 7. The molecule has 0 saturated carbocycles. The third-order valence-electron chi connectivity index (χ3n) is 4.48. The third-order valence-corrected chi connectivity index (χ3v) is 6.55. The van der Waals surface area contributed by atoms with Crippen LogP contribution in [-0.2, 0) is 19.6 Å². The summed E-state index contributed by atoms with van der Waals surface area (Å²) in [5, 5.41) is 2.54. The fourth-order valence-electron chi connectivity index (χ4n) is 2.92. The Kier molecular flexibility index (Phi) is 6.76. The number of carbonyl (C=O) groups is 2. The van der Waals surface area contributed by atoms with Crippen LogP contribution in [0.25, 0.3) is 0 Å². The molecule has 2 aromatic rings. The molecule has 166 valence electrons. The molecule has 1 aliphatic rings. The zero-order valence-electron chi connectivity index (χ0n) is 16.9. The molecular weight excluding hydrogens is 431 g/mol. The van der Waals surface area contributed by atoms with E-state index in [4.69, 9.17) is 14.2 Å². The van der Waals surface area contributed by atoms with Gasteiger partial charge in [0.15, 0.2) is 18.1 Å². The van der Waals surface area contributed by atoms with Gasteiger partial charge in [-0.1, -0.05) is 13.8 Å². The first-order chi connectivity index (χ1) is 14.8. The molecule has 0 spiro atoms. The number of amides is 1. The Morgan fingerprint density at radius 1 is 1.10 bits per heavy atom. The second-order valence-electron chi connectivity index (χ2n) is 6.43. The number of benzene rings is 2. The SMILES string of the molecule is CCN(CC)S(=O)(=O)c1cc(C(=O)OCC(=O)Nc2ccc3c(c2)OCO3)ccc1F. The van der Waals surface area contributed by atoms with E-state index in [-0.39, 0.29) is 25.4 Å². The molecule has 3 rings (SSSR count). The van der Waals surface area contributed by atoms with Gasteiger partial charge in [-0.05, 0) is 30.3 Å². The number of anilines is 1. The minimum atomic E-state index is -4.12. The zero-order chi connectivity index (χ0) is 22.6. The van der Waals surface area contributed by atoms with Crippen LogP contribution in [0.3, 0.4) is 0 Å². The summed E-state index contributed by atoms with van der Waals surface area (Å²) in [6.07, 6.45) is 0. The Morgan fingerprint density at radius 3 is 2.52 bits per heavy atom. The van der Waals surface area contributed by atoms with Gasteiger partial charge in [0.25, 0.3) is 5.91 Å². The van der Waals surface area contributed by atoms with Crippen LogP contribution < -0.4 is 14.8 Å². The van der Waals surface area contributed by atoms with E-state index in [0.717, 1.165) is 22.5 Å². The van der Waals surface area contributed by atoms with Crippen molar-refractivity contribution in [1.82, 2.24) is 4.31 Å². The first-order valence-electron chi connectivity index (χ1n) is 9.42. The van der Waals surface area contributed by atoms with Gasteiger partial charge in [0.1, 0.15) is 10.7 Å². The lowest BCUT2D eigenvalue weighted by molar-refractivity contribution is -0.119. The van der Waals surface area contributed by atoms with E-state index in [1.165, 1.54) is 0 Å². The molecule has 1 amide bonds. The number of carbonyl (C=O) groups excluding carboxylic acids is 2. The fraction of sp³-hybridized carbons (Fsp3) is 0.300. The number of halogens is 1. The number of rotatable bonds is 8. The van der Waals surface area contributed by atoms with Crippen LogP contribution in [0.15, 0.2) is 41.3 Å². The van der Waals surface area contributed by atoms with E-state index < -0.39 is 39.2 Å². The first kappa shape index (κ1) is 22.5. The molecule has 1 aliphatic heterocycles. The van der Waals surface area contributed by atoms with Crippen LogP contribution in [0.4, 0.5) is 10.1 Å². The second kappa shape index (κ2) is 9.31. The first-order valence-corrected chi connectivity index (χ1v) is 10.9. The Hall–Kier alpha value is -3.18. The summed E-state index contributed by atoms with van der Waals surface area (Å²) in [5.74, 6) is -1.54. The van der Waals surface area contributed by atoms with Gasteiger partial charge in [-0.2, -0.15) is 4.31 Å². The van der Waals surface area contributed by atoms with E-state index in [0.29, 0.717) is 17.2 Å². The summed E-state index contributed by atoms with van der Waals surface area (Å²) >= 11 is 0. The van der Waals surface area contributed by atoms with Crippen molar-refractivity contribution in [3.63, 3.8) is 0 Å². The average molecular weight is 452 g/mol. The van der Waals surface area contributed by atoms with Gasteiger partial charge < -0.3 is 19.5 Å². The van der Waals surface area contributed by atoms with Crippen molar-refractivity contribution in [3.05, 3.63) is 47.8 Å². The predicted molar refractivity (Wildman–Crippen MR) is 108 cm³/mol. The number of ether oxygens (including phenoxy) is 3. The van der Waals surface area contributed by atoms with Gasteiger partial charge in [0, 0.05) is 24.8 Å². The normalized spacial score (nSPS) is 12.6. The van der Waals surface area contributed by atoms with Crippen LogP contribution in [0, 0.1) is 5.82 Å². The summed E-state index contributed by atoms with van der Waals surface area (Å²) in [4.78, 5) is 23.7. The highest BCUT2D eigenvalue weighted by Gasteiger charge is 2.27. The summed E-state index contributed by atoms with van der Waals surface area (Å²) in [6.45, 7) is 3.00. The average Bonchev–Trinajstić information content (AvgIpc) is 3.20. The quantitative estimate of drug-likeness (QED) is 0.612. The maximum atomic E-state index is 14.2. The van der Waals surface area contributed by atoms with Crippen LogP contribution >= 0.6 is 0 Å². The largest absolute Gasteiger partial charge is 0.454 e. The number of sulfonamides is 1. The van der Waals surface area contributed by atoms with Crippen molar-refractivity contribution in [2.75, 3.05) is 31.8 Å². The van der Waals surface area contributed by atoms with Gasteiger partial charge in [-0.25, -0.2) is 17.6 Å². The van der Waals surface area contributed by atoms with Crippen LogP contribution in [-0.4, -0.2) is 51.1 Å². The molecular formula is C20H21FN2O7S. The molecule has 0 unspecified atom stereocenters. The van der Waals surface area contributed by atoms with Gasteiger partial charge in [0.2, 0.25) is 16.8 Å². The minimum Gasteiger partial charge on any atom is -0.454 e. The second-order valence-corrected chi connectivity index (χ2v) is 8.33. The highest BCUT2D eigenvalue weighted by Crippen LogP contribution is 2.34. The molecule has 0 aromatic heterocycles. The third kappa shape index (κ3) is 4.94. The van der Waals surface area contributed by atoms with Crippen molar-refractivity contribution in [2.45, 2.75) is 18.7 Å². The van der Waals surface area contributed by atoms with Crippen molar-refractivity contribution in [3.8, 4) is 11.5 Å². The maximum absolute atomic E-state index is 14.2. The number of esters is 1. The highest BCUT2D eigenvalue weighted by molar-refractivity contribution is 7.89. The summed E-state index contributed by atoms with van der Waals surface area (Å²) in [7, 11) is -4.12. The van der Waals surface area contributed by atoms with Crippen molar-refractivity contribution < 1.29 is 36.6 Å². The van der Waals surface area contributed by atoms with E-state index in [9.17, 15) is 22.4 Å². The van der Waals surface area contributed by atoms with Gasteiger partial charge >= 0.3 is 5.97 Å². The molecule has 9 nitrogen and oxygen atoms in total. The summed E-state index contributed by atoms with van der Waals surface area (Å²) in [5.41, 5.74) is 0.225. The summed E-state index contributed by atoms with van der Waals surface area (Å²) in [6, 6.07) is 7.65. The highest BCUT2D eigenvalue weighted by atomic mass is 32.2. The number of nitrogens with zero attached hydrogens (tertiary/aromatic N) is 1. The Labute approximate surface area is 178 Å². The lowest BCUT2D eigenvalue weighted by atomic mass is 10.2. The fourth-order valence-corrected chi connectivity index (χ4v) is 4.46. The standard InChI is InChI=1S/C20H21FN2O7S/c1-3-23(4-2)31(26,27)18-9-13(5-7-15(18)21)20(25)28-11-19(24)22-14-6-8-16-17(10-14)30-12-29-16/h5-10H,3-4,11-12H2,1-2H3,(H,22,24). The minimum absolute atomic E-state index is 0.0913. The Morgan fingerprint density at radius 2 is 1.81 bits per heavy atom. The van der Waals surface area contributed by atoms with Crippen LogP contribution in [0.5, 0.6) is 11.5 Å². The Bertz CT molecular complexity index is 1100. The smallest absolute Gasteiger partial charge is 0.338 e. The molecule has 0 aliphatic carbocycles. The predicted octanol–water partition coefficient (Wildman–Crippen LogP) is 2.38. The molecule has 0 saturated heterocycles. The molecule has 2 aromatic carbocycles. The molecule has 0 bridgehead atoms. The molecule has 0 fully saturated rings. The molecule has 31 heavy (non-hydrogen) atoms. The van der Waals surface area contributed by atoms with Gasteiger partial charge in [-0.3, -0.25) is 4.79 Å². The number of hydrogen-bond donors (Lipinski definition) is 1. The number of nitrogens with one attached hydrogen (secondary N) is 1. The van der Waals surface area contributed by atoms with Crippen molar-refractivity contribution >= 4 is 27.6 Å². The van der Waals surface area contributed by atoms with Crippen molar-refractivity contribution in [1.29, 1.82) is 0 Å².